The van der Waals surface area contributed by atoms with Gasteiger partial charge in [-0.1, -0.05) is 34.7 Å². The second-order valence-electron chi connectivity index (χ2n) is 1.02. The molecule has 2 nitrogen and oxygen atoms in total. The maximum atomic E-state index is 9.75. The SMILES string of the molecule is O=C(O)C=CC=CI. The van der Waals surface area contributed by atoms with Crippen LogP contribution in [0.1, 0.15) is 0 Å². The first kappa shape index (κ1) is 7.68. The van der Waals surface area contributed by atoms with Gasteiger partial charge in [-0.2, -0.15) is 0 Å². The summed E-state index contributed by atoms with van der Waals surface area (Å²) in [5.41, 5.74) is 0. The van der Waals surface area contributed by atoms with E-state index in [1.807, 2.05) is 22.6 Å². The van der Waals surface area contributed by atoms with E-state index >= 15 is 0 Å². The van der Waals surface area contributed by atoms with E-state index in [1.165, 1.54) is 6.08 Å². The van der Waals surface area contributed by atoms with Crippen LogP contribution in [0.25, 0.3) is 0 Å². The fourth-order valence-electron chi connectivity index (χ4n) is 0.180. The number of aliphatic carboxylic acids is 1. The van der Waals surface area contributed by atoms with Crippen LogP contribution in [-0.4, -0.2) is 11.1 Å². The molecule has 0 bridgehead atoms. The predicted molar refractivity (Wildman–Crippen MR) is 39.9 cm³/mol. The molecule has 0 radical (unpaired) electrons. The highest BCUT2D eigenvalue weighted by Crippen LogP contribution is 1.83. The molecule has 0 aromatic heterocycles. The summed E-state index contributed by atoms with van der Waals surface area (Å²) in [7, 11) is 0. The summed E-state index contributed by atoms with van der Waals surface area (Å²) >= 11 is 2.01. The molecule has 0 unspecified atom stereocenters. The van der Waals surface area contributed by atoms with Crippen molar-refractivity contribution in [2.75, 3.05) is 0 Å². The van der Waals surface area contributed by atoms with E-state index in [0.29, 0.717) is 0 Å². The number of halogens is 1. The van der Waals surface area contributed by atoms with Gasteiger partial charge in [-0.3, -0.25) is 0 Å². The first-order valence-corrected chi connectivity index (χ1v) is 3.18. The zero-order chi connectivity index (χ0) is 6.41. The van der Waals surface area contributed by atoms with Crippen LogP contribution in [0, 0.1) is 0 Å². The van der Waals surface area contributed by atoms with Crippen molar-refractivity contribution >= 4 is 28.6 Å². The first-order chi connectivity index (χ1) is 3.77. The van der Waals surface area contributed by atoms with Crippen LogP contribution in [-0.2, 0) is 4.79 Å². The fourth-order valence-corrected chi connectivity index (χ4v) is 0.420. The smallest absolute Gasteiger partial charge is 0.328 e. The zero-order valence-corrected chi connectivity index (χ0v) is 6.20. The summed E-state index contributed by atoms with van der Waals surface area (Å²) in [6.07, 6.45) is 4.19. The zero-order valence-electron chi connectivity index (χ0n) is 4.04. The molecule has 0 atom stereocenters. The monoisotopic (exact) mass is 224 g/mol. The summed E-state index contributed by atoms with van der Waals surface area (Å²) in [5.74, 6) is -0.917. The van der Waals surface area contributed by atoms with Crippen LogP contribution in [0.4, 0.5) is 0 Å². The van der Waals surface area contributed by atoms with Crippen LogP contribution in [0.5, 0.6) is 0 Å². The average molecular weight is 224 g/mol. The van der Waals surface area contributed by atoms with Gasteiger partial charge in [0.2, 0.25) is 0 Å². The second-order valence-corrected chi connectivity index (χ2v) is 1.73. The highest BCUT2D eigenvalue weighted by Gasteiger charge is 1.78. The molecule has 1 N–H and O–H groups in total. The lowest BCUT2D eigenvalue weighted by Crippen LogP contribution is -1.83. The lowest BCUT2D eigenvalue weighted by molar-refractivity contribution is -0.131. The van der Waals surface area contributed by atoms with Crippen molar-refractivity contribution in [3.8, 4) is 0 Å². The molecule has 8 heavy (non-hydrogen) atoms. The molecule has 0 aliphatic heterocycles. The van der Waals surface area contributed by atoms with Crippen molar-refractivity contribution in [2.45, 2.75) is 0 Å². The van der Waals surface area contributed by atoms with E-state index in [-0.39, 0.29) is 0 Å². The molecule has 0 aliphatic carbocycles. The van der Waals surface area contributed by atoms with Gasteiger partial charge in [-0.25, -0.2) is 4.79 Å². The quantitative estimate of drug-likeness (QED) is 0.439. The third-order valence-corrected chi connectivity index (χ3v) is 0.838. The lowest BCUT2D eigenvalue weighted by atomic mass is 10.5. The average Bonchev–Trinajstić information content (AvgIpc) is 1.66. The fraction of sp³-hybridized carbons (Fsp3) is 0. The molecule has 0 amide bonds. The molecule has 0 saturated heterocycles. The highest BCUT2D eigenvalue weighted by atomic mass is 127. The molecule has 0 heterocycles. The first-order valence-electron chi connectivity index (χ1n) is 1.93. The van der Waals surface area contributed by atoms with Crippen LogP contribution in [0.15, 0.2) is 22.3 Å². The summed E-state index contributed by atoms with van der Waals surface area (Å²) < 4.78 is 1.73. The summed E-state index contributed by atoms with van der Waals surface area (Å²) in [4.78, 5) is 9.75. The van der Waals surface area contributed by atoms with Gasteiger partial charge >= 0.3 is 5.97 Å². The van der Waals surface area contributed by atoms with Gasteiger partial charge in [0.15, 0.2) is 0 Å². The second kappa shape index (κ2) is 4.83. The Labute approximate surface area is 61.0 Å². The third-order valence-electron chi connectivity index (χ3n) is 0.423. The maximum Gasteiger partial charge on any atom is 0.328 e. The Kier molecular flexibility index (Phi) is 4.64. The standard InChI is InChI=1S/C5H5IO2/c6-4-2-1-3-5(7)8/h1-4H,(H,7,8). The number of carbonyl (C=O) groups is 1. The Balaban J connectivity index is 3.50. The molecule has 3 heteroatoms. The van der Waals surface area contributed by atoms with E-state index in [1.54, 1.807) is 10.2 Å². The molecule has 0 fully saturated rings. The summed E-state index contributed by atoms with van der Waals surface area (Å²) in [6, 6.07) is 0. The maximum absolute atomic E-state index is 9.75. The highest BCUT2D eigenvalue weighted by molar-refractivity contribution is 14.1. The van der Waals surface area contributed by atoms with Gasteiger partial charge in [-0.05, 0) is 4.08 Å². The van der Waals surface area contributed by atoms with E-state index in [4.69, 9.17) is 5.11 Å². The van der Waals surface area contributed by atoms with Gasteiger partial charge in [0.05, 0.1) is 0 Å². The van der Waals surface area contributed by atoms with Crippen molar-refractivity contribution < 1.29 is 9.90 Å². The molecule has 0 aromatic rings. The number of hydrogen-bond acceptors (Lipinski definition) is 1. The molecule has 0 aromatic carbocycles. The number of carboxylic acids is 1. The van der Waals surface area contributed by atoms with Gasteiger partial charge in [-0.15, -0.1) is 0 Å². The molecule has 0 saturated carbocycles. The van der Waals surface area contributed by atoms with E-state index in [9.17, 15) is 4.79 Å². The van der Waals surface area contributed by atoms with Crippen LogP contribution in [0.2, 0.25) is 0 Å². The minimum Gasteiger partial charge on any atom is -0.478 e. The topological polar surface area (TPSA) is 37.3 Å². The Morgan fingerprint density at radius 1 is 1.50 bits per heavy atom. The van der Waals surface area contributed by atoms with Gasteiger partial charge in [0.25, 0.3) is 0 Å². The molecular weight excluding hydrogens is 219 g/mol. The minimum atomic E-state index is -0.917. The van der Waals surface area contributed by atoms with Crippen molar-refractivity contribution in [3.05, 3.63) is 22.3 Å². The van der Waals surface area contributed by atoms with E-state index < -0.39 is 5.97 Å². The van der Waals surface area contributed by atoms with Gasteiger partial charge in [0.1, 0.15) is 0 Å². The normalized spacial score (nSPS) is 11.1. The van der Waals surface area contributed by atoms with Crippen molar-refractivity contribution in [3.63, 3.8) is 0 Å². The summed E-state index contributed by atoms with van der Waals surface area (Å²) in [6.45, 7) is 0. The van der Waals surface area contributed by atoms with E-state index in [0.717, 1.165) is 6.08 Å². The van der Waals surface area contributed by atoms with Crippen LogP contribution in [0.3, 0.4) is 0 Å². The Hall–Kier alpha value is -0.320. The Morgan fingerprint density at radius 3 is 2.50 bits per heavy atom. The van der Waals surface area contributed by atoms with Crippen molar-refractivity contribution in [1.29, 1.82) is 0 Å². The number of hydrogen-bond donors (Lipinski definition) is 1. The largest absolute Gasteiger partial charge is 0.478 e. The van der Waals surface area contributed by atoms with Crippen molar-refractivity contribution in [1.82, 2.24) is 0 Å². The molecular formula is C5H5IO2. The van der Waals surface area contributed by atoms with Crippen LogP contribution < -0.4 is 0 Å². The minimum absolute atomic E-state index is 0.917. The predicted octanol–water partition coefficient (Wildman–Crippen LogP) is 1.58. The van der Waals surface area contributed by atoms with Crippen molar-refractivity contribution in [2.24, 2.45) is 0 Å². The Bertz CT molecular complexity index is 126. The van der Waals surface area contributed by atoms with E-state index in [2.05, 4.69) is 0 Å². The number of carboxylic acid groups (broad SMARTS) is 1. The molecule has 44 valence electrons. The molecule has 0 rings (SSSR count). The number of allylic oxidation sites excluding steroid dienone is 2. The Morgan fingerprint density at radius 2 is 2.12 bits per heavy atom. The lowest BCUT2D eigenvalue weighted by Gasteiger charge is -1.71. The molecule has 0 spiro atoms. The number of rotatable bonds is 2. The van der Waals surface area contributed by atoms with Gasteiger partial charge in [0, 0.05) is 6.08 Å². The molecule has 0 aliphatic rings. The van der Waals surface area contributed by atoms with Gasteiger partial charge < -0.3 is 5.11 Å². The van der Waals surface area contributed by atoms with Crippen LogP contribution >= 0.6 is 22.6 Å². The third kappa shape index (κ3) is 5.68. The summed E-state index contributed by atoms with van der Waals surface area (Å²) in [5, 5.41) is 8.02.